The molecule has 242 valence electrons. The molecule has 2 aromatic carbocycles. The number of halogens is 3. The number of amides is 1. The molecule has 47 heavy (non-hydrogen) atoms. The van der Waals surface area contributed by atoms with Crippen molar-refractivity contribution in [1.82, 2.24) is 34.8 Å². The average molecular weight is 676 g/mol. The fourth-order valence-corrected chi connectivity index (χ4v) is 7.76. The summed E-state index contributed by atoms with van der Waals surface area (Å²) in [5, 5.41) is 23.9. The van der Waals surface area contributed by atoms with E-state index >= 15 is 4.39 Å². The van der Waals surface area contributed by atoms with E-state index in [2.05, 4.69) is 34.8 Å². The molecule has 5 heterocycles. The molecule has 2 fully saturated rings. The highest BCUT2D eigenvalue weighted by Crippen LogP contribution is 2.45. The summed E-state index contributed by atoms with van der Waals surface area (Å²) in [5.41, 5.74) is 2.77. The predicted octanol–water partition coefficient (Wildman–Crippen LogP) is 6.99. The maximum absolute atomic E-state index is 17.1. The molecule has 3 aromatic heterocycles. The molecule has 5 aromatic rings. The Balaban J connectivity index is 1.42. The Hall–Kier alpha value is -4.24. The van der Waals surface area contributed by atoms with Crippen molar-refractivity contribution in [3.63, 3.8) is 0 Å². The topological polar surface area (TPSA) is 116 Å². The zero-order valence-electron chi connectivity index (χ0n) is 26.1. The quantitative estimate of drug-likeness (QED) is 0.185. The van der Waals surface area contributed by atoms with E-state index in [4.69, 9.17) is 38.0 Å². The number of fused-ring (bicyclic) bond motifs is 4. The van der Waals surface area contributed by atoms with Crippen LogP contribution in [0.1, 0.15) is 43.7 Å². The van der Waals surface area contributed by atoms with Gasteiger partial charge in [0.2, 0.25) is 11.8 Å². The molecule has 0 aliphatic carbocycles. The standard InChI is InChI=1S/C34H33Cl2FN8O2/c1-4-28(46)44-11-8-20(12-19(44)7-9-38)45-33-22-13-26(36)30(29-18(2)25(35)14-27-23(29)15-39-42-27)31(37)32(22)41-34(24(33)16-40-45)47-17-21-6-5-10-43(21)3/h4,13-16,19-21H,1,5-8,10-12,17H2,2-3H3,(H,39,42)/t19-,20+,21?/m1/s1. The minimum absolute atomic E-state index is 0.0947. The summed E-state index contributed by atoms with van der Waals surface area (Å²) in [6.07, 6.45) is 7.94. The number of ether oxygens (including phenoxy) is 1. The number of hydrogen-bond acceptors (Lipinski definition) is 7. The molecule has 3 atom stereocenters. The highest BCUT2D eigenvalue weighted by molar-refractivity contribution is 6.36. The molecule has 2 saturated heterocycles. The number of carbonyl (C=O) groups excluding carboxylic acids is 1. The van der Waals surface area contributed by atoms with E-state index in [0.29, 0.717) is 69.3 Å². The zero-order chi connectivity index (χ0) is 33.0. The van der Waals surface area contributed by atoms with Crippen molar-refractivity contribution in [1.29, 1.82) is 5.26 Å². The number of rotatable bonds is 7. The van der Waals surface area contributed by atoms with E-state index in [1.54, 1.807) is 29.4 Å². The van der Waals surface area contributed by atoms with E-state index in [0.717, 1.165) is 19.4 Å². The van der Waals surface area contributed by atoms with E-state index < -0.39 is 5.82 Å². The third-order valence-electron chi connectivity index (χ3n) is 9.78. The van der Waals surface area contributed by atoms with E-state index in [9.17, 15) is 10.1 Å². The van der Waals surface area contributed by atoms with Crippen LogP contribution in [-0.2, 0) is 4.79 Å². The number of aromatic amines is 1. The van der Waals surface area contributed by atoms with Crippen LogP contribution in [-0.4, -0.2) is 79.5 Å². The highest BCUT2D eigenvalue weighted by atomic mass is 35.5. The first kappa shape index (κ1) is 31.4. The van der Waals surface area contributed by atoms with Gasteiger partial charge in [-0.1, -0.05) is 29.8 Å². The van der Waals surface area contributed by atoms with Crippen molar-refractivity contribution in [2.75, 3.05) is 26.7 Å². The van der Waals surface area contributed by atoms with E-state index in [1.807, 2.05) is 11.6 Å². The van der Waals surface area contributed by atoms with Crippen LogP contribution in [0.4, 0.5) is 4.39 Å². The smallest absolute Gasteiger partial charge is 0.246 e. The van der Waals surface area contributed by atoms with Gasteiger partial charge in [0, 0.05) is 45.6 Å². The van der Waals surface area contributed by atoms with Crippen LogP contribution in [0.3, 0.4) is 0 Å². The number of likely N-dealkylation sites (tertiary alicyclic amines) is 2. The average Bonchev–Trinajstić information content (AvgIpc) is 3.82. The summed E-state index contributed by atoms with van der Waals surface area (Å²) in [4.78, 5) is 21.3. The van der Waals surface area contributed by atoms with Crippen LogP contribution in [0.25, 0.3) is 43.8 Å². The van der Waals surface area contributed by atoms with Crippen molar-refractivity contribution >= 4 is 61.8 Å². The van der Waals surface area contributed by atoms with Crippen molar-refractivity contribution in [3.05, 3.63) is 58.6 Å². The lowest BCUT2D eigenvalue weighted by Crippen LogP contribution is -2.45. The van der Waals surface area contributed by atoms with Crippen molar-refractivity contribution in [3.8, 4) is 23.1 Å². The number of H-pyrrole nitrogens is 1. The molecule has 1 N–H and O–H groups in total. The Labute approximate surface area is 280 Å². The minimum Gasteiger partial charge on any atom is -0.475 e. The van der Waals surface area contributed by atoms with Gasteiger partial charge in [0.05, 0.1) is 52.4 Å². The molecule has 0 radical (unpaired) electrons. The van der Waals surface area contributed by atoms with Gasteiger partial charge < -0.3 is 14.5 Å². The first-order chi connectivity index (χ1) is 22.7. The predicted molar refractivity (Wildman–Crippen MR) is 180 cm³/mol. The lowest BCUT2D eigenvalue weighted by Gasteiger charge is -2.38. The SMILES string of the molecule is C=CC(=O)N1CC[C@H](n2ncc3c(OCC4CCCN4C)nc4c(F)c(-c5c(C)c(Cl)cc6[nH]ncc56)c(Cl)cc4c32)C[C@H]1CC#N. The Bertz CT molecular complexity index is 2100. The molecule has 2 aliphatic rings. The molecule has 0 bridgehead atoms. The third-order valence-corrected chi connectivity index (χ3v) is 10.5. The highest BCUT2D eigenvalue weighted by Gasteiger charge is 2.34. The van der Waals surface area contributed by atoms with E-state index in [-0.39, 0.29) is 52.4 Å². The van der Waals surface area contributed by atoms with Gasteiger partial charge in [-0.25, -0.2) is 9.37 Å². The molecule has 2 aliphatic heterocycles. The number of nitrogens with zero attached hydrogens (tertiary/aromatic N) is 7. The lowest BCUT2D eigenvalue weighted by molar-refractivity contribution is -0.130. The minimum atomic E-state index is -0.605. The number of pyridine rings is 1. The Morgan fingerprint density at radius 1 is 1.17 bits per heavy atom. The molecule has 0 saturated carbocycles. The van der Waals surface area contributed by atoms with Crippen molar-refractivity contribution in [2.45, 2.75) is 57.2 Å². The van der Waals surface area contributed by atoms with Gasteiger partial charge >= 0.3 is 0 Å². The van der Waals surface area contributed by atoms with Crippen LogP contribution in [0.2, 0.25) is 10.0 Å². The van der Waals surface area contributed by atoms with Crippen LogP contribution >= 0.6 is 23.2 Å². The van der Waals surface area contributed by atoms with Crippen LogP contribution in [0.5, 0.6) is 5.88 Å². The van der Waals surface area contributed by atoms with Crippen LogP contribution in [0.15, 0.2) is 37.2 Å². The molecule has 13 heteroatoms. The van der Waals surface area contributed by atoms with Crippen molar-refractivity contribution in [2.24, 2.45) is 0 Å². The second-order valence-corrected chi connectivity index (χ2v) is 13.2. The van der Waals surface area contributed by atoms with E-state index in [1.165, 1.54) is 6.08 Å². The third kappa shape index (κ3) is 5.29. The molecule has 1 amide bonds. The number of piperidine rings is 1. The Kier molecular flexibility index (Phi) is 8.28. The number of nitrogens with one attached hydrogen (secondary N) is 1. The number of likely N-dealkylation sites (N-methyl/N-ethyl adjacent to an activating group) is 1. The van der Waals surface area contributed by atoms with Gasteiger partial charge in [-0.3, -0.25) is 14.6 Å². The van der Waals surface area contributed by atoms with Gasteiger partial charge in [0.15, 0.2) is 5.82 Å². The molecular weight excluding hydrogens is 642 g/mol. The lowest BCUT2D eigenvalue weighted by atomic mass is 9.94. The number of nitriles is 1. The maximum Gasteiger partial charge on any atom is 0.246 e. The molecular formula is C34H33Cl2FN8O2. The second kappa shape index (κ2) is 12.4. The summed E-state index contributed by atoms with van der Waals surface area (Å²) in [6.45, 7) is 7.26. The maximum atomic E-state index is 17.1. The zero-order valence-corrected chi connectivity index (χ0v) is 27.6. The summed E-state index contributed by atoms with van der Waals surface area (Å²) >= 11 is 13.6. The fraction of sp³-hybridized carbons (Fsp3) is 0.382. The number of benzene rings is 2. The normalized spacial score (nSPS) is 20.3. The molecule has 7 rings (SSSR count). The first-order valence-electron chi connectivity index (χ1n) is 15.7. The van der Waals surface area contributed by atoms with Gasteiger partial charge in [-0.2, -0.15) is 15.5 Å². The molecule has 10 nitrogen and oxygen atoms in total. The van der Waals surface area contributed by atoms with Crippen LogP contribution in [0, 0.1) is 24.1 Å². The summed E-state index contributed by atoms with van der Waals surface area (Å²) in [7, 11) is 2.07. The van der Waals surface area contributed by atoms with Crippen LogP contribution < -0.4 is 4.74 Å². The van der Waals surface area contributed by atoms with Gasteiger partial charge in [-0.15, -0.1) is 0 Å². The van der Waals surface area contributed by atoms with Crippen molar-refractivity contribution < 1.29 is 13.9 Å². The fourth-order valence-electron chi connectivity index (χ4n) is 7.27. The number of hydrogen-bond donors (Lipinski definition) is 1. The van der Waals surface area contributed by atoms with Gasteiger partial charge in [0.25, 0.3) is 0 Å². The Morgan fingerprint density at radius 2 is 2.00 bits per heavy atom. The van der Waals surface area contributed by atoms with Gasteiger partial charge in [0.1, 0.15) is 12.1 Å². The Morgan fingerprint density at radius 3 is 2.74 bits per heavy atom. The summed E-state index contributed by atoms with van der Waals surface area (Å²) in [5.74, 6) is -0.525. The first-order valence-corrected chi connectivity index (χ1v) is 16.4. The second-order valence-electron chi connectivity index (χ2n) is 12.4. The number of carbonyl (C=O) groups is 1. The summed E-state index contributed by atoms with van der Waals surface area (Å²) < 4.78 is 25.3. The summed E-state index contributed by atoms with van der Waals surface area (Å²) in [6, 6.07) is 5.42. The molecule has 1 unspecified atom stereocenters. The monoisotopic (exact) mass is 674 g/mol. The number of aromatic nitrogens is 5. The molecule has 0 spiro atoms. The largest absolute Gasteiger partial charge is 0.475 e. The van der Waals surface area contributed by atoms with Gasteiger partial charge in [-0.05, 0) is 70.0 Å².